The second kappa shape index (κ2) is 8.75. The molecule has 0 N–H and O–H groups in total. The lowest BCUT2D eigenvalue weighted by Gasteiger charge is -2.27. The number of rotatable bonds is 8. The van der Waals surface area contributed by atoms with Crippen LogP contribution in [0.5, 0.6) is 0 Å². The molecule has 108 valence electrons. The van der Waals surface area contributed by atoms with Crippen LogP contribution >= 0.6 is 11.6 Å². The minimum Gasteiger partial charge on any atom is -0.465 e. The van der Waals surface area contributed by atoms with Crippen LogP contribution in [0, 0.1) is 5.41 Å². The number of carbonyl (C=O) groups is 2. The van der Waals surface area contributed by atoms with E-state index < -0.39 is 22.7 Å². The zero-order valence-electron chi connectivity index (χ0n) is 11.6. The third-order valence-electron chi connectivity index (χ3n) is 2.50. The van der Waals surface area contributed by atoms with Gasteiger partial charge in [0.1, 0.15) is 0 Å². The van der Waals surface area contributed by atoms with E-state index in [0.717, 1.165) is 0 Å². The quantitative estimate of drug-likeness (QED) is 0.298. The number of esters is 2. The Morgan fingerprint density at radius 2 is 1.74 bits per heavy atom. The highest BCUT2D eigenvalue weighted by Gasteiger charge is 2.47. The minimum atomic E-state index is -1.51. The van der Waals surface area contributed by atoms with Gasteiger partial charge in [0.25, 0.3) is 0 Å². The maximum atomic E-state index is 12.2. The second-order valence-electron chi connectivity index (χ2n) is 3.87. The Balaban J connectivity index is 5.51. The summed E-state index contributed by atoms with van der Waals surface area (Å²) >= 11 is 6.01. The molecule has 1 atom stereocenters. The van der Waals surface area contributed by atoms with Gasteiger partial charge in [-0.05, 0) is 27.2 Å². The SMILES string of the molecule is C=CC(Cl)CC(C=CC)(C(=O)OCC)C(=O)OCC. The highest BCUT2D eigenvalue weighted by atomic mass is 35.5. The van der Waals surface area contributed by atoms with E-state index in [1.54, 1.807) is 26.8 Å². The van der Waals surface area contributed by atoms with E-state index in [2.05, 4.69) is 6.58 Å². The van der Waals surface area contributed by atoms with Crippen molar-refractivity contribution in [2.24, 2.45) is 5.41 Å². The van der Waals surface area contributed by atoms with Crippen LogP contribution in [0.2, 0.25) is 0 Å². The van der Waals surface area contributed by atoms with Gasteiger partial charge in [-0.1, -0.05) is 18.2 Å². The number of carbonyl (C=O) groups excluding carboxylic acids is 2. The molecule has 0 aromatic heterocycles. The smallest absolute Gasteiger partial charge is 0.327 e. The van der Waals surface area contributed by atoms with Crippen molar-refractivity contribution in [3.05, 3.63) is 24.8 Å². The second-order valence-corrected chi connectivity index (χ2v) is 4.43. The highest BCUT2D eigenvalue weighted by molar-refractivity contribution is 6.22. The Morgan fingerprint density at radius 1 is 1.26 bits per heavy atom. The van der Waals surface area contributed by atoms with E-state index in [1.807, 2.05) is 0 Å². The number of hydrogen-bond donors (Lipinski definition) is 0. The first kappa shape index (κ1) is 17.7. The van der Waals surface area contributed by atoms with E-state index in [0.29, 0.717) is 0 Å². The fraction of sp³-hybridized carbons (Fsp3) is 0.571. The van der Waals surface area contributed by atoms with Crippen molar-refractivity contribution in [1.29, 1.82) is 0 Å². The summed E-state index contributed by atoms with van der Waals surface area (Å²) in [4.78, 5) is 24.3. The molecule has 0 aliphatic heterocycles. The molecule has 0 fully saturated rings. The van der Waals surface area contributed by atoms with Gasteiger partial charge in [0.2, 0.25) is 0 Å². The van der Waals surface area contributed by atoms with Crippen LogP contribution in [0.15, 0.2) is 24.8 Å². The Hall–Kier alpha value is -1.29. The predicted octanol–water partition coefficient (Wildman–Crippen LogP) is 2.86. The zero-order valence-corrected chi connectivity index (χ0v) is 12.4. The first-order valence-electron chi connectivity index (χ1n) is 6.23. The van der Waals surface area contributed by atoms with Gasteiger partial charge in [0.15, 0.2) is 5.41 Å². The molecule has 19 heavy (non-hydrogen) atoms. The number of ether oxygens (including phenoxy) is 2. The monoisotopic (exact) mass is 288 g/mol. The van der Waals surface area contributed by atoms with Gasteiger partial charge in [-0.25, -0.2) is 0 Å². The zero-order chi connectivity index (χ0) is 14.9. The Bertz CT molecular complexity index is 331. The van der Waals surface area contributed by atoms with Gasteiger partial charge in [-0.15, -0.1) is 18.2 Å². The molecule has 0 bridgehead atoms. The molecule has 4 nitrogen and oxygen atoms in total. The van der Waals surface area contributed by atoms with Gasteiger partial charge in [-0.2, -0.15) is 0 Å². The van der Waals surface area contributed by atoms with E-state index in [1.165, 1.54) is 12.2 Å². The maximum Gasteiger partial charge on any atom is 0.327 e. The number of halogens is 1. The van der Waals surface area contributed by atoms with Gasteiger partial charge in [-0.3, -0.25) is 9.59 Å². The molecule has 0 aromatic rings. The molecule has 0 saturated heterocycles. The molecular weight excluding hydrogens is 268 g/mol. The minimum absolute atomic E-state index is 0.0556. The lowest BCUT2D eigenvalue weighted by Crippen LogP contribution is -2.42. The Labute approximate surface area is 119 Å². The van der Waals surface area contributed by atoms with Gasteiger partial charge >= 0.3 is 11.9 Å². The molecule has 0 amide bonds. The number of allylic oxidation sites excluding steroid dienone is 2. The topological polar surface area (TPSA) is 52.6 Å². The fourth-order valence-corrected chi connectivity index (χ4v) is 1.89. The van der Waals surface area contributed by atoms with Crippen molar-refractivity contribution in [3.63, 3.8) is 0 Å². The largest absolute Gasteiger partial charge is 0.465 e. The number of hydrogen-bond acceptors (Lipinski definition) is 4. The van der Waals surface area contributed by atoms with Crippen molar-refractivity contribution in [2.45, 2.75) is 32.6 Å². The molecule has 1 unspecified atom stereocenters. The molecule has 0 saturated carbocycles. The van der Waals surface area contributed by atoms with Crippen LogP contribution in [-0.4, -0.2) is 30.5 Å². The summed E-state index contributed by atoms with van der Waals surface area (Å²) in [5.41, 5.74) is -1.51. The summed E-state index contributed by atoms with van der Waals surface area (Å²) in [5.74, 6) is -1.31. The van der Waals surface area contributed by atoms with E-state index in [4.69, 9.17) is 21.1 Å². The molecule has 5 heteroatoms. The summed E-state index contributed by atoms with van der Waals surface area (Å²) in [6.07, 6.45) is 4.61. The van der Waals surface area contributed by atoms with E-state index in [-0.39, 0.29) is 19.6 Å². The van der Waals surface area contributed by atoms with Crippen LogP contribution < -0.4 is 0 Å². The summed E-state index contributed by atoms with van der Waals surface area (Å²) in [6, 6.07) is 0. The maximum absolute atomic E-state index is 12.2. The Kier molecular flexibility index (Phi) is 8.16. The third kappa shape index (κ3) is 4.71. The third-order valence-corrected chi connectivity index (χ3v) is 2.84. The Morgan fingerprint density at radius 3 is 2.05 bits per heavy atom. The lowest BCUT2D eigenvalue weighted by molar-refractivity contribution is -0.168. The molecule has 0 radical (unpaired) electrons. The summed E-state index contributed by atoms with van der Waals surface area (Å²) < 4.78 is 9.98. The molecule has 0 heterocycles. The summed E-state index contributed by atoms with van der Waals surface area (Å²) in [7, 11) is 0. The summed E-state index contributed by atoms with van der Waals surface area (Å²) in [5, 5.41) is -0.537. The van der Waals surface area contributed by atoms with Crippen LogP contribution in [-0.2, 0) is 19.1 Å². The average Bonchev–Trinajstić information content (AvgIpc) is 2.38. The van der Waals surface area contributed by atoms with E-state index in [9.17, 15) is 9.59 Å². The normalized spacial score (nSPS) is 13.1. The standard InChI is InChI=1S/C14H21ClO4/c1-5-9-14(10-11(15)6-2,12(16)18-7-3)13(17)19-8-4/h5-6,9,11H,2,7-8,10H2,1,3-4H3. The molecular formula is C14H21ClO4. The first-order valence-corrected chi connectivity index (χ1v) is 6.67. The van der Waals surface area contributed by atoms with Gasteiger partial charge in [0.05, 0.1) is 18.6 Å². The van der Waals surface area contributed by atoms with Crippen molar-refractivity contribution < 1.29 is 19.1 Å². The van der Waals surface area contributed by atoms with Crippen LogP contribution in [0.25, 0.3) is 0 Å². The van der Waals surface area contributed by atoms with Gasteiger partial charge in [0, 0.05) is 0 Å². The molecule has 0 aromatic carbocycles. The van der Waals surface area contributed by atoms with Crippen molar-refractivity contribution in [2.75, 3.05) is 13.2 Å². The van der Waals surface area contributed by atoms with Crippen molar-refractivity contribution in [1.82, 2.24) is 0 Å². The van der Waals surface area contributed by atoms with Crippen molar-refractivity contribution in [3.8, 4) is 0 Å². The van der Waals surface area contributed by atoms with Crippen LogP contribution in [0.4, 0.5) is 0 Å². The van der Waals surface area contributed by atoms with E-state index >= 15 is 0 Å². The molecule has 0 rings (SSSR count). The predicted molar refractivity (Wildman–Crippen MR) is 75.0 cm³/mol. The van der Waals surface area contributed by atoms with Crippen molar-refractivity contribution >= 4 is 23.5 Å². The first-order chi connectivity index (χ1) is 8.98. The molecule has 0 aliphatic carbocycles. The van der Waals surface area contributed by atoms with Crippen LogP contribution in [0.1, 0.15) is 27.2 Å². The lowest BCUT2D eigenvalue weighted by atomic mass is 9.82. The molecule has 0 spiro atoms. The fourth-order valence-electron chi connectivity index (χ4n) is 1.65. The van der Waals surface area contributed by atoms with Gasteiger partial charge < -0.3 is 9.47 Å². The highest BCUT2D eigenvalue weighted by Crippen LogP contribution is 2.32. The molecule has 0 aliphatic rings. The summed E-state index contributed by atoms with van der Waals surface area (Å²) in [6.45, 7) is 8.98. The number of alkyl halides is 1. The average molecular weight is 289 g/mol. The van der Waals surface area contributed by atoms with Crippen LogP contribution in [0.3, 0.4) is 0 Å².